The summed E-state index contributed by atoms with van der Waals surface area (Å²) < 4.78 is 31.0. The minimum Gasteiger partial charge on any atom is -0.497 e. The second kappa shape index (κ2) is 10.1. The predicted molar refractivity (Wildman–Crippen MR) is 112 cm³/mol. The number of rotatable bonds is 10. The highest BCUT2D eigenvalue weighted by Gasteiger charge is 2.19. The lowest BCUT2D eigenvalue weighted by Crippen LogP contribution is -2.33. The second-order valence-corrected chi connectivity index (χ2v) is 8.44. The Kier molecular flexibility index (Phi) is 7.87. The van der Waals surface area contributed by atoms with E-state index in [1.54, 1.807) is 29.2 Å². The van der Waals surface area contributed by atoms with Crippen molar-refractivity contribution in [3.63, 3.8) is 0 Å². The lowest BCUT2D eigenvalue weighted by Gasteiger charge is -2.24. The standard InChI is InChI=1S/C21H28N2O4S/c1-4-22(17-18-10-6-5-7-11-18)21(24)14-9-15-23(28(3,25)26)19-12-8-13-20(16-19)27-2/h5-8,10-13,16H,4,9,14-15,17H2,1-3H3. The van der Waals surface area contributed by atoms with Gasteiger partial charge in [-0.3, -0.25) is 9.10 Å². The molecule has 0 radical (unpaired) electrons. The Morgan fingerprint density at radius 3 is 2.39 bits per heavy atom. The quantitative estimate of drug-likeness (QED) is 0.609. The van der Waals surface area contributed by atoms with Gasteiger partial charge in [0.1, 0.15) is 5.75 Å². The minimum atomic E-state index is -3.46. The van der Waals surface area contributed by atoms with Gasteiger partial charge in [0.05, 0.1) is 19.1 Å². The Morgan fingerprint density at radius 2 is 1.79 bits per heavy atom. The third-order valence-corrected chi connectivity index (χ3v) is 5.64. The summed E-state index contributed by atoms with van der Waals surface area (Å²) in [6.07, 6.45) is 1.90. The zero-order valence-electron chi connectivity index (χ0n) is 16.7. The molecule has 0 bridgehead atoms. The van der Waals surface area contributed by atoms with Gasteiger partial charge in [-0.1, -0.05) is 36.4 Å². The van der Waals surface area contributed by atoms with E-state index in [9.17, 15) is 13.2 Å². The zero-order valence-corrected chi connectivity index (χ0v) is 17.5. The Bertz CT molecular complexity index is 869. The zero-order chi connectivity index (χ0) is 20.6. The molecule has 0 atom stereocenters. The number of methoxy groups -OCH3 is 1. The number of carbonyl (C=O) groups excluding carboxylic acids is 1. The maximum atomic E-state index is 12.6. The van der Waals surface area contributed by atoms with Crippen LogP contribution in [0, 0.1) is 0 Å². The van der Waals surface area contributed by atoms with Gasteiger partial charge in [-0.05, 0) is 31.0 Å². The normalized spacial score (nSPS) is 11.1. The largest absolute Gasteiger partial charge is 0.497 e. The van der Waals surface area contributed by atoms with Crippen LogP contribution in [0.1, 0.15) is 25.3 Å². The molecule has 6 nitrogen and oxygen atoms in total. The SMILES string of the molecule is CCN(Cc1ccccc1)C(=O)CCCN(c1cccc(OC)c1)S(C)(=O)=O. The number of hydrogen-bond acceptors (Lipinski definition) is 4. The number of sulfonamides is 1. The van der Waals surface area contributed by atoms with Crippen molar-refractivity contribution in [2.24, 2.45) is 0 Å². The fraction of sp³-hybridized carbons (Fsp3) is 0.381. The van der Waals surface area contributed by atoms with Crippen LogP contribution >= 0.6 is 0 Å². The molecule has 0 aliphatic heterocycles. The summed E-state index contributed by atoms with van der Waals surface area (Å²) >= 11 is 0. The molecule has 2 rings (SSSR count). The molecule has 0 N–H and O–H groups in total. The number of ether oxygens (including phenoxy) is 1. The lowest BCUT2D eigenvalue weighted by molar-refractivity contribution is -0.131. The van der Waals surface area contributed by atoms with Gasteiger partial charge in [0.15, 0.2) is 0 Å². The summed E-state index contributed by atoms with van der Waals surface area (Å²) in [5, 5.41) is 0. The molecule has 0 heterocycles. The molecule has 0 aliphatic carbocycles. The van der Waals surface area contributed by atoms with Gasteiger partial charge in [-0.25, -0.2) is 8.42 Å². The van der Waals surface area contributed by atoms with E-state index < -0.39 is 10.0 Å². The molecule has 0 aliphatic rings. The first-order valence-corrected chi connectivity index (χ1v) is 11.1. The van der Waals surface area contributed by atoms with Crippen molar-refractivity contribution in [1.82, 2.24) is 4.90 Å². The molecule has 0 unspecified atom stereocenters. The first kappa shape index (κ1) is 21.8. The highest BCUT2D eigenvalue weighted by molar-refractivity contribution is 7.92. The van der Waals surface area contributed by atoms with Crippen molar-refractivity contribution in [3.05, 3.63) is 60.2 Å². The Hall–Kier alpha value is -2.54. The third kappa shape index (κ3) is 6.27. The van der Waals surface area contributed by atoms with Crippen molar-refractivity contribution in [2.75, 3.05) is 30.8 Å². The predicted octanol–water partition coefficient (Wildman–Crippen LogP) is 3.29. The molecule has 0 saturated carbocycles. The van der Waals surface area contributed by atoms with Crippen LogP contribution in [-0.2, 0) is 21.4 Å². The number of amides is 1. The Labute approximate surface area is 167 Å². The molecule has 2 aromatic rings. The van der Waals surface area contributed by atoms with Gasteiger partial charge >= 0.3 is 0 Å². The van der Waals surface area contributed by atoms with Gasteiger partial charge in [0, 0.05) is 32.1 Å². The number of nitrogens with zero attached hydrogens (tertiary/aromatic N) is 2. The molecule has 7 heteroatoms. The summed E-state index contributed by atoms with van der Waals surface area (Å²) in [7, 11) is -1.93. The summed E-state index contributed by atoms with van der Waals surface area (Å²) in [5.74, 6) is 0.604. The van der Waals surface area contributed by atoms with Crippen molar-refractivity contribution in [1.29, 1.82) is 0 Å². The van der Waals surface area contributed by atoms with Crippen LogP contribution in [0.4, 0.5) is 5.69 Å². The van der Waals surface area contributed by atoms with Gasteiger partial charge in [-0.15, -0.1) is 0 Å². The number of benzene rings is 2. The second-order valence-electron chi connectivity index (χ2n) is 6.53. The Balaban J connectivity index is 2.00. The van der Waals surface area contributed by atoms with Crippen LogP contribution in [0.5, 0.6) is 5.75 Å². The number of hydrogen-bond donors (Lipinski definition) is 0. The fourth-order valence-corrected chi connectivity index (χ4v) is 3.92. The van der Waals surface area contributed by atoms with Crippen LogP contribution in [0.2, 0.25) is 0 Å². The molecular formula is C21H28N2O4S. The van der Waals surface area contributed by atoms with Gasteiger partial charge in [0.2, 0.25) is 15.9 Å². The van der Waals surface area contributed by atoms with Crippen molar-refractivity contribution >= 4 is 21.6 Å². The van der Waals surface area contributed by atoms with Gasteiger partial charge in [0.25, 0.3) is 0 Å². The van der Waals surface area contributed by atoms with Crippen molar-refractivity contribution in [2.45, 2.75) is 26.3 Å². The molecule has 1 amide bonds. The topological polar surface area (TPSA) is 66.9 Å². The summed E-state index contributed by atoms with van der Waals surface area (Å²) in [5.41, 5.74) is 1.61. The van der Waals surface area contributed by atoms with Crippen LogP contribution in [0.3, 0.4) is 0 Å². The van der Waals surface area contributed by atoms with E-state index in [0.717, 1.165) is 5.56 Å². The van der Waals surface area contributed by atoms with Crippen molar-refractivity contribution in [3.8, 4) is 5.75 Å². The van der Waals surface area contributed by atoms with Gasteiger partial charge in [-0.2, -0.15) is 0 Å². The average Bonchev–Trinajstić information content (AvgIpc) is 2.69. The van der Waals surface area contributed by atoms with Crippen LogP contribution in [0.15, 0.2) is 54.6 Å². The van der Waals surface area contributed by atoms with E-state index in [1.165, 1.54) is 17.7 Å². The molecule has 28 heavy (non-hydrogen) atoms. The first-order valence-electron chi connectivity index (χ1n) is 9.28. The van der Waals surface area contributed by atoms with E-state index >= 15 is 0 Å². The third-order valence-electron chi connectivity index (χ3n) is 4.44. The maximum absolute atomic E-state index is 12.6. The Morgan fingerprint density at radius 1 is 1.07 bits per heavy atom. The summed E-state index contributed by atoms with van der Waals surface area (Å²) in [6.45, 7) is 3.35. The van der Waals surface area contributed by atoms with Crippen LogP contribution < -0.4 is 9.04 Å². The van der Waals surface area contributed by atoms with Crippen LogP contribution in [-0.4, -0.2) is 45.7 Å². The van der Waals surface area contributed by atoms with E-state index in [1.807, 2.05) is 37.3 Å². The van der Waals surface area contributed by atoms with E-state index in [-0.39, 0.29) is 18.9 Å². The lowest BCUT2D eigenvalue weighted by atomic mass is 10.2. The molecular weight excluding hydrogens is 376 g/mol. The van der Waals surface area contributed by atoms with Gasteiger partial charge < -0.3 is 9.64 Å². The maximum Gasteiger partial charge on any atom is 0.232 e. The smallest absolute Gasteiger partial charge is 0.232 e. The van der Waals surface area contributed by atoms with E-state index in [2.05, 4.69) is 0 Å². The molecule has 0 saturated heterocycles. The minimum absolute atomic E-state index is 0.0189. The molecule has 0 fully saturated rings. The van der Waals surface area contributed by atoms with E-state index in [4.69, 9.17) is 4.74 Å². The van der Waals surface area contributed by atoms with Crippen LogP contribution in [0.25, 0.3) is 0 Å². The molecule has 0 aromatic heterocycles. The molecule has 0 spiro atoms. The number of anilines is 1. The monoisotopic (exact) mass is 404 g/mol. The first-order chi connectivity index (χ1) is 13.3. The summed E-state index contributed by atoms with van der Waals surface area (Å²) in [4.78, 5) is 14.4. The molecule has 152 valence electrons. The highest BCUT2D eigenvalue weighted by atomic mass is 32.2. The fourth-order valence-electron chi connectivity index (χ4n) is 2.96. The van der Waals surface area contributed by atoms with Crippen molar-refractivity contribution < 1.29 is 17.9 Å². The highest BCUT2D eigenvalue weighted by Crippen LogP contribution is 2.23. The van der Waals surface area contributed by atoms with E-state index in [0.29, 0.717) is 30.9 Å². The average molecular weight is 405 g/mol. The molecule has 2 aromatic carbocycles. The number of carbonyl (C=O) groups is 1. The summed E-state index contributed by atoms with van der Waals surface area (Å²) in [6, 6.07) is 16.7.